The lowest BCUT2D eigenvalue weighted by Gasteiger charge is -2.32. The van der Waals surface area contributed by atoms with E-state index in [0.29, 0.717) is 25.5 Å². The molecule has 1 aliphatic heterocycles. The molecule has 1 N–H and O–H groups in total. The topological polar surface area (TPSA) is 54.5 Å². The van der Waals surface area contributed by atoms with Gasteiger partial charge in [0.15, 0.2) is 0 Å². The predicted octanol–water partition coefficient (Wildman–Crippen LogP) is 3.66. The van der Waals surface area contributed by atoms with E-state index >= 15 is 0 Å². The second kappa shape index (κ2) is 7.79. The van der Waals surface area contributed by atoms with Gasteiger partial charge in [-0.15, -0.1) is 11.3 Å². The first-order valence-corrected chi connectivity index (χ1v) is 9.22. The number of thiophene rings is 1. The number of likely N-dealkylation sites (tertiary alicyclic amines) is 1. The number of carbonyl (C=O) groups is 1. The zero-order valence-corrected chi connectivity index (χ0v) is 15.0. The molecule has 0 aliphatic carbocycles. The summed E-state index contributed by atoms with van der Waals surface area (Å²) in [6.45, 7) is 1.99. The van der Waals surface area contributed by atoms with Gasteiger partial charge in [-0.25, -0.2) is 9.78 Å². The highest BCUT2D eigenvalue weighted by Crippen LogP contribution is 2.24. The normalized spacial score (nSPS) is 15.4. The summed E-state index contributed by atoms with van der Waals surface area (Å²) >= 11 is 5.09. The van der Waals surface area contributed by atoms with Crippen molar-refractivity contribution in [2.75, 3.05) is 13.1 Å². The molecule has 0 atom stereocenters. The Morgan fingerprint density at radius 3 is 2.91 bits per heavy atom. The molecule has 1 saturated heterocycles. The Labute approximate surface area is 147 Å². The molecule has 0 aromatic carbocycles. The second-order valence-corrected chi connectivity index (χ2v) is 7.22. The third-order valence-electron chi connectivity index (χ3n) is 3.73. The van der Waals surface area contributed by atoms with Crippen LogP contribution in [0, 0.1) is 0 Å². The van der Waals surface area contributed by atoms with Crippen LogP contribution in [0.1, 0.15) is 17.7 Å². The molecule has 23 heavy (non-hydrogen) atoms. The average Bonchev–Trinajstić information content (AvgIpc) is 3.09. The standard InChI is InChI=1S/C16H18BrN3O2S/c17-14-4-1-7-18-15(14)22-12-5-8-20(9-6-12)16(21)19-11-13-3-2-10-23-13/h1-4,7,10,12H,5-6,8-9,11H2,(H,19,21). The first-order valence-electron chi connectivity index (χ1n) is 7.54. The molecule has 2 amide bonds. The van der Waals surface area contributed by atoms with Gasteiger partial charge in [0.25, 0.3) is 0 Å². The number of piperidine rings is 1. The van der Waals surface area contributed by atoms with Crippen LogP contribution in [0.15, 0.2) is 40.3 Å². The van der Waals surface area contributed by atoms with Crippen LogP contribution >= 0.6 is 27.3 Å². The Bertz CT molecular complexity index is 643. The fourth-order valence-corrected chi connectivity index (χ4v) is 3.47. The van der Waals surface area contributed by atoms with Crippen LogP contribution in [0.3, 0.4) is 0 Å². The minimum atomic E-state index is -0.00383. The van der Waals surface area contributed by atoms with Gasteiger partial charge in [0.05, 0.1) is 11.0 Å². The van der Waals surface area contributed by atoms with Gasteiger partial charge in [-0.3, -0.25) is 0 Å². The molecule has 1 fully saturated rings. The molecule has 5 nitrogen and oxygen atoms in total. The molecular formula is C16H18BrN3O2S. The van der Waals surface area contributed by atoms with Crippen LogP contribution in [-0.4, -0.2) is 35.1 Å². The summed E-state index contributed by atoms with van der Waals surface area (Å²) in [4.78, 5) is 19.4. The van der Waals surface area contributed by atoms with Gasteiger partial charge >= 0.3 is 6.03 Å². The lowest BCUT2D eigenvalue weighted by molar-refractivity contribution is 0.106. The summed E-state index contributed by atoms with van der Waals surface area (Å²) in [6, 6.07) is 7.78. The van der Waals surface area contributed by atoms with E-state index in [9.17, 15) is 4.79 Å². The number of nitrogens with zero attached hydrogens (tertiary/aromatic N) is 2. The number of rotatable bonds is 4. The van der Waals surface area contributed by atoms with Crippen molar-refractivity contribution in [3.05, 3.63) is 45.2 Å². The average molecular weight is 396 g/mol. The number of nitrogens with one attached hydrogen (secondary N) is 1. The van der Waals surface area contributed by atoms with Gasteiger partial charge in [0, 0.05) is 37.0 Å². The zero-order valence-electron chi connectivity index (χ0n) is 12.6. The van der Waals surface area contributed by atoms with Crippen LogP contribution in [0.4, 0.5) is 4.79 Å². The van der Waals surface area contributed by atoms with Crippen molar-refractivity contribution in [1.82, 2.24) is 15.2 Å². The molecule has 0 radical (unpaired) electrons. The van der Waals surface area contributed by atoms with E-state index in [2.05, 4.69) is 26.2 Å². The second-order valence-electron chi connectivity index (χ2n) is 5.33. The van der Waals surface area contributed by atoms with E-state index in [1.807, 2.05) is 34.5 Å². The Morgan fingerprint density at radius 1 is 1.39 bits per heavy atom. The van der Waals surface area contributed by atoms with Gasteiger partial charge in [0.1, 0.15) is 6.10 Å². The monoisotopic (exact) mass is 395 g/mol. The summed E-state index contributed by atoms with van der Waals surface area (Å²) in [7, 11) is 0. The summed E-state index contributed by atoms with van der Waals surface area (Å²) in [6.07, 6.45) is 3.44. The SMILES string of the molecule is O=C(NCc1cccs1)N1CCC(Oc2ncccc2Br)CC1. The molecule has 1 aliphatic rings. The molecule has 0 bridgehead atoms. The maximum atomic E-state index is 12.2. The highest BCUT2D eigenvalue weighted by atomic mass is 79.9. The first-order chi connectivity index (χ1) is 11.2. The summed E-state index contributed by atoms with van der Waals surface area (Å²) < 4.78 is 6.78. The molecule has 0 spiro atoms. The van der Waals surface area contributed by atoms with Crippen molar-refractivity contribution in [3.8, 4) is 5.88 Å². The van der Waals surface area contributed by atoms with E-state index < -0.39 is 0 Å². The Hall–Kier alpha value is -1.60. The fourth-order valence-electron chi connectivity index (χ4n) is 2.48. The lowest BCUT2D eigenvalue weighted by atomic mass is 10.1. The highest BCUT2D eigenvalue weighted by Gasteiger charge is 2.24. The fraction of sp³-hybridized carbons (Fsp3) is 0.375. The molecule has 2 aromatic heterocycles. The number of urea groups is 1. The quantitative estimate of drug-likeness (QED) is 0.858. The number of aromatic nitrogens is 1. The third-order valence-corrected chi connectivity index (χ3v) is 5.21. The van der Waals surface area contributed by atoms with Gasteiger partial charge in [0.2, 0.25) is 5.88 Å². The van der Waals surface area contributed by atoms with Crippen LogP contribution in [0.25, 0.3) is 0 Å². The Morgan fingerprint density at radius 2 is 2.22 bits per heavy atom. The summed E-state index contributed by atoms with van der Waals surface area (Å²) in [5, 5.41) is 4.98. The van der Waals surface area contributed by atoms with E-state index in [1.165, 1.54) is 0 Å². The number of carbonyl (C=O) groups excluding carboxylic acids is 1. The van der Waals surface area contributed by atoms with Gasteiger partial charge in [-0.2, -0.15) is 0 Å². The van der Waals surface area contributed by atoms with Crippen molar-refractivity contribution in [1.29, 1.82) is 0 Å². The van der Waals surface area contributed by atoms with Crippen LogP contribution in [0.2, 0.25) is 0 Å². The van der Waals surface area contributed by atoms with Gasteiger partial charge < -0.3 is 15.0 Å². The summed E-state index contributed by atoms with van der Waals surface area (Å²) in [5.41, 5.74) is 0. The molecule has 0 unspecified atom stereocenters. The molecule has 3 heterocycles. The van der Waals surface area contributed by atoms with Crippen LogP contribution in [0.5, 0.6) is 5.88 Å². The smallest absolute Gasteiger partial charge is 0.317 e. The molecular weight excluding hydrogens is 378 g/mol. The highest BCUT2D eigenvalue weighted by molar-refractivity contribution is 9.10. The van der Waals surface area contributed by atoms with E-state index in [4.69, 9.17) is 4.74 Å². The van der Waals surface area contributed by atoms with Crippen molar-refractivity contribution < 1.29 is 9.53 Å². The number of hydrogen-bond acceptors (Lipinski definition) is 4. The number of pyridine rings is 1. The third kappa shape index (κ3) is 4.45. The number of halogens is 1. The van der Waals surface area contributed by atoms with Crippen molar-refractivity contribution in [3.63, 3.8) is 0 Å². The van der Waals surface area contributed by atoms with Crippen molar-refractivity contribution in [2.45, 2.75) is 25.5 Å². The first kappa shape index (κ1) is 16.3. The minimum absolute atomic E-state index is 0.00383. The lowest BCUT2D eigenvalue weighted by Crippen LogP contribution is -2.46. The van der Waals surface area contributed by atoms with Crippen LogP contribution in [-0.2, 0) is 6.54 Å². The maximum Gasteiger partial charge on any atom is 0.317 e. The van der Waals surface area contributed by atoms with E-state index in [-0.39, 0.29) is 12.1 Å². The predicted molar refractivity (Wildman–Crippen MR) is 93.7 cm³/mol. The number of amides is 2. The van der Waals surface area contributed by atoms with Gasteiger partial charge in [-0.1, -0.05) is 6.07 Å². The molecule has 0 saturated carbocycles. The number of hydrogen-bond donors (Lipinski definition) is 1. The largest absolute Gasteiger partial charge is 0.473 e. The van der Waals surface area contributed by atoms with Crippen molar-refractivity contribution >= 4 is 33.3 Å². The zero-order chi connectivity index (χ0) is 16.1. The minimum Gasteiger partial charge on any atom is -0.473 e. The maximum absolute atomic E-state index is 12.2. The van der Waals surface area contributed by atoms with Gasteiger partial charge in [-0.05, 0) is 39.5 Å². The van der Waals surface area contributed by atoms with Crippen molar-refractivity contribution in [2.24, 2.45) is 0 Å². The molecule has 122 valence electrons. The summed E-state index contributed by atoms with van der Waals surface area (Å²) in [5.74, 6) is 0.619. The molecule has 2 aromatic rings. The van der Waals surface area contributed by atoms with E-state index in [0.717, 1.165) is 22.2 Å². The van der Waals surface area contributed by atoms with Crippen LogP contribution < -0.4 is 10.1 Å². The van der Waals surface area contributed by atoms with E-state index in [1.54, 1.807) is 17.5 Å². The Balaban J connectivity index is 1.44. The molecule has 3 rings (SSSR count). The Kier molecular flexibility index (Phi) is 5.51. The number of ether oxygens (including phenoxy) is 1. The molecule has 7 heteroatoms.